The number of hydrogen-bond donors (Lipinski definition) is 0. The Kier molecular flexibility index (Phi) is 5.79. The Balaban J connectivity index is 1.49. The molecule has 176 valence electrons. The molecule has 5 rings (SSSR count). The van der Waals surface area contributed by atoms with E-state index in [1.807, 2.05) is 12.1 Å². The molecule has 0 aliphatic carbocycles. The lowest BCUT2D eigenvalue weighted by Crippen LogP contribution is -2.35. The lowest BCUT2D eigenvalue weighted by molar-refractivity contribution is 0.414. The van der Waals surface area contributed by atoms with E-state index in [0.29, 0.717) is 19.5 Å². The number of sulfonamides is 1. The fourth-order valence-corrected chi connectivity index (χ4v) is 6.09. The Hall–Kier alpha value is -3.36. The summed E-state index contributed by atoms with van der Waals surface area (Å²) in [5.41, 5.74) is 5.90. The number of imidazole rings is 1. The Labute approximate surface area is 200 Å². The molecule has 0 saturated carbocycles. The summed E-state index contributed by atoms with van der Waals surface area (Å²) in [5, 5.41) is 1.29. The predicted octanol–water partition coefficient (Wildman–Crippen LogP) is 4.22. The topological polar surface area (TPSA) is 69.4 Å². The van der Waals surface area contributed by atoms with E-state index in [2.05, 4.69) is 58.9 Å². The molecule has 0 spiro atoms. The predicted molar refractivity (Wildman–Crippen MR) is 133 cm³/mol. The highest BCUT2D eigenvalue weighted by molar-refractivity contribution is 7.89. The number of nitrogens with zero attached hydrogens (tertiary/aromatic N) is 4. The molecule has 4 aromatic rings. The third-order valence-corrected chi connectivity index (χ3v) is 8.23. The molecule has 0 amide bonds. The van der Waals surface area contributed by atoms with Gasteiger partial charge < -0.3 is 13.9 Å². The minimum atomic E-state index is -3.60. The van der Waals surface area contributed by atoms with Gasteiger partial charge in [-0.2, -0.15) is 4.31 Å². The number of hydrogen-bond acceptors (Lipinski definition) is 4. The zero-order valence-electron chi connectivity index (χ0n) is 19.6. The van der Waals surface area contributed by atoms with Gasteiger partial charge in [-0.15, -0.1) is 0 Å². The molecule has 0 unspecified atom stereocenters. The van der Waals surface area contributed by atoms with Gasteiger partial charge in [0.25, 0.3) is 10.0 Å². The molecule has 0 radical (unpaired) electrons. The molecule has 0 N–H and O–H groups in total. The maximum absolute atomic E-state index is 13.0. The van der Waals surface area contributed by atoms with Crippen LogP contribution in [0.2, 0.25) is 0 Å². The molecule has 3 heterocycles. The number of rotatable bonds is 6. The van der Waals surface area contributed by atoms with E-state index < -0.39 is 10.0 Å². The molecule has 34 heavy (non-hydrogen) atoms. The van der Waals surface area contributed by atoms with Crippen LogP contribution in [0.5, 0.6) is 5.75 Å². The van der Waals surface area contributed by atoms with Gasteiger partial charge in [0.05, 0.1) is 13.4 Å². The summed E-state index contributed by atoms with van der Waals surface area (Å²) in [6.07, 6.45) is 5.76. The number of benzene rings is 2. The van der Waals surface area contributed by atoms with Crippen LogP contribution in [0.3, 0.4) is 0 Å². The first kappa shape index (κ1) is 22.4. The molecule has 7 nitrogen and oxygen atoms in total. The van der Waals surface area contributed by atoms with Crippen molar-refractivity contribution in [3.05, 3.63) is 84.0 Å². The van der Waals surface area contributed by atoms with E-state index in [1.165, 1.54) is 43.9 Å². The van der Waals surface area contributed by atoms with E-state index in [4.69, 9.17) is 4.74 Å². The van der Waals surface area contributed by atoms with Gasteiger partial charge in [-0.05, 0) is 42.7 Å². The second-order valence-electron chi connectivity index (χ2n) is 8.64. The van der Waals surface area contributed by atoms with Gasteiger partial charge in [-0.25, -0.2) is 13.4 Å². The van der Waals surface area contributed by atoms with Crippen molar-refractivity contribution in [2.45, 2.75) is 24.9 Å². The normalized spacial score (nSPS) is 15.0. The second-order valence-corrected chi connectivity index (χ2v) is 10.5. The first-order valence-electron chi connectivity index (χ1n) is 11.3. The Morgan fingerprint density at radius 1 is 1.12 bits per heavy atom. The van der Waals surface area contributed by atoms with Crippen molar-refractivity contribution >= 4 is 26.5 Å². The standard InChI is InChI=1S/C26H28N4O3S/c1-19-26(21-11-13-29(14-12-21)34(31,32)25-17-28(2)18-27-25)23-9-4-5-10-24(23)30(19)16-20-7-6-8-22(15-20)33-3/h4-11,15,17-18H,12-14,16H2,1-3H3. The summed E-state index contributed by atoms with van der Waals surface area (Å²) in [4.78, 5) is 4.05. The second kappa shape index (κ2) is 8.77. The lowest BCUT2D eigenvalue weighted by Gasteiger charge is -2.25. The minimum absolute atomic E-state index is 0.0953. The van der Waals surface area contributed by atoms with Gasteiger partial charge in [0.15, 0.2) is 5.03 Å². The van der Waals surface area contributed by atoms with Crippen LogP contribution in [0.1, 0.15) is 23.2 Å². The fraction of sp³-hybridized carbons (Fsp3) is 0.269. The van der Waals surface area contributed by atoms with E-state index >= 15 is 0 Å². The van der Waals surface area contributed by atoms with Crippen molar-refractivity contribution in [2.75, 3.05) is 20.2 Å². The van der Waals surface area contributed by atoms with E-state index in [-0.39, 0.29) is 5.03 Å². The monoisotopic (exact) mass is 476 g/mol. The summed E-state index contributed by atoms with van der Waals surface area (Å²) in [7, 11) is -0.153. The first-order valence-corrected chi connectivity index (χ1v) is 12.7. The van der Waals surface area contributed by atoms with Crippen molar-refractivity contribution in [3.8, 4) is 5.75 Å². The Morgan fingerprint density at radius 2 is 1.94 bits per heavy atom. The summed E-state index contributed by atoms with van der Waals surface area (Å²) >= 11 is 0. The molecule has 1 aliphatic heterocycles. The largest absolute Gasteiger partial charge is 0.497 e. The average molecular weight is 477 g/mol. The number of ether oxygens (including phenoxy) is 1. The van der Waals surface area contributed by atoms with Crippen molar-refractivity contribution in [2.24, 2.45) is 7.05 Å². The van der Waals surface area contributed by atoms with Crippen molar-refractivity contribution in [3.63, 3.8) is 0 Å². The van der Waals surface area contributed by atoms with Crippen LogP contribution < -0.4 is 4.74 Å². The third-order valence-electron chi connectivity index (χ3n) is 6.48. The molecule has 0 saturated heterocycles. The molecular weight excluding hydrogens is 448 g/mol. The molecule has 2 aromatic heterocycles. The van der Waals surface area contributed by atoms with Crippen LogP contribution in [-0.2, 0) is 23.6 Å². The molecule has 1 aliphatic rings. The third kappa shape index (κ3) is 3.93. The van der Waals surface area contributed by atoms with Gasteiger partial charge in [0.1, 0.15) is 5.75 Å². The number of aromatic nitrogens is 3. The molecule has 0 bridgehead atoms. The molecular formula is C26H28N4O3S. The summed E-state index contributed by atoms with van der Waals surface area (Å²) < 4.78 is 36.9. The zero-order valence-corrected chi connectivity index (χ0v) is 20.4. The number of methoxy groups -OCH3 is 1. The first-order chi connectivity index (χ1) is 16.4. The summed E-state index contributed by atoms with van der Waals surface area (Å²) in [5.74, 6) is 0.844. The van der Waals surface area contributed by atoms with Crippen LogP contribution in [0.15, 0.2) is 72.2 Å². The maximum atomic E-state index is 13.0. The smallest absolute Gasteiger partial charge is 0.262 e. The molecule has 0 fully saturated rings. The van der Waals surface area contributed by atoms with Crippen molar-refractivity contribution in [1.29, 1.82) is 0 Å². The van der Waals surface area contributed by atoms with Crippen LogP contribution in [0.4, 0.5) is 0 Å². The van der Waals surface area contributed by atoms with Gasteiger partial charge in [0.2, 0.25) is 0 Å². The van der Waals surface area contributed by atoms with E-state index in [1.54, 1.807) is 24.9 Å². The highest BCUT2D eigenvalue weighted by Crippen LogP contribution is 2.35. The average Bonchev–Trinajstić information content (AvgIpc) is 3.41. The molecule has 8 heteroatoms. The SMILES string of the molecule is COc1cccc(Cn2c(C)c(C3=CCN(S(=O)(=O)c4cn(C)cn4)CC3)c3ccccc32)c1. The van der Waals surface area contributed by atoms with Crippen molar-refractivity contribution < 1.29 is 13.2 Å². The summed E-state index contributed by atoms with van der Waals surface area (Å²) in [6.45, 7) is 3.65. The number of aryl methyl sites for hydroxylation is 1. The number of fused-ring (bicyclic) bond motifs is 1. The van der Waals surface area contributed by atoms with Gasteiger partial charge >= 0.3 is 0 Å². The van der Waals surface area contributed by atoms with Crippen LogP contribution >= 0.6 is 0 Å². The van der Waals surface area contributed by atoms with Crippen LogP contribution in [0.25, 0.3) is 16.5 Å². The zero-order chi connectivity index (χ0) is 23.9. The quantitative estimate of drug-likeness (QED) is 0.418. The van der Waals surface area contributed by atoms with E-state index in [0.717, 1.165) is 12.3 Å². The van der Waals surface area contributed by atoms with Crippen LogP contribution in [0, 0.1) is 6.92 Å². The maximum Gasteiger partial charge on any atom is 0.262 e. The highest BCUT2D eigenvalue weighted by Gasteiger charge is 2.29. The lowest BCUT2D eigenvalue weighted by atomic mass is 9.97. The molecule has 0 atom stereocenters. The van der Waals surface area contributed by atoms with Gasteiger partial charge in [0, 0.05) is 55.0 Å². The number of para-hydroxylation sites is 1. The Bertz CT molecular complexity index is 1500. The minimum Gasteiger partial charge on any atom is -0.497 e. The fourth-order valence-electron chi connectivity index (χ4n) is 4.74. The summed E-state index contributed by atoms with van der Waals surface area (Å²) in [6, 6.07) is 16.5. The van der Waals surface area contributed by atoms with Gasteiger partial charge in [-0.3, -0.25) is 0 Å². The highest BCUT2D eigenvalue weighted by atomic mass is 32.2. The van der Waals surface area contributed by atoms with Crippen molar-refractivity contribution in [1.82, 2.24) is 18.4 Å². The molecule has 2 aromatic carbocycles. The van der Waals surface area contributed by atoms with Crippen LogP contribution in [-0.4, -0.2) is 47.0 Å². The van der Waals surface area contributed by atoms with E-state index in [9.17, 15) is 8.42 Å². The Morgan fingerprint density at radius 3 is 2.65 bits per heavy atom. The van der Waals surface area contributed by atoms with Gasteiger partial charge in [-0.1, -0.05) is 36.4 Å².